The highest BCUT2D eigenvalue weighted by molar-refractivity contribution is 5.83. The van der Waals surface area contributed by atoms with E-state index in [1.54, 1.807) is 19.1 Å². The van der Waals surface area contributed by atoms with Crippen molar-refractivity contribution in [2.45, 2.75) is 52.1 Å². The van der Waals surface area contributed by atoms with Gasteiger partial charge in [0.1, 0.15) is 11.4 Å². The number of methoxy groups -OCH3 is 2. The molecule has 0 aromatic heterocycles. The number of amides is 2. The smallest absolute Gasteiger partial charge is 0.410 e. The van der Waals surface area contributed by atoms with Crippen LogP contribution in [-0.4, -0.2) is 63.0 Å². The molecule has 0 unspecified atom stereocenters. The van der Waals surface area contributed by atoms with Gasteiger partial charge in [-0.25, -0.2) is 4.79 Å². The second-order valence-electron chi connectivity index (χ2n) is 9.11. The largest absolute Gasteiger partial charge is 0.497 e. The summed E-state index contributed by atoms with van der Waals surface area (Å²) in [6.45, 7) is 9.71. The Labute approximate surface area is 180 Å². The molecule has 168 valence electrons. The highest BCUT2D eigenvalue weighted by atomic mass is 16.6. The van der Waals surface area contributed by atoms with Crippen molar-refractivity contribution in [2.24, 2.45) is 5.41 Å². The third-order valence-corrected chi connectivity index (χ3v) is 5.57. The van der Waals surface area contributed by atoms with E-state index >= 15 is 0 Å². The number of carbonyl (C=O) groups is 2. The molecule has 1 N–H and O–H groups in total. The summed E-state index contributed by atoms with van der Waals surface area (Å²) in [7, 11) is 3.29. The van der Waals surface area contributed by atoms with E-state index in [9.17, 15) is 9.59 Å². The van der Waals surface area contributed by atoms with Crippen LogP contribution < -0.4 is 10.1 Å². The minimum absolute atomic E-state index is 0.0229. The second-order valence-corrected chi connectivity index (χ2v) is 9.11. The molecule has 1 aliphatic heterocycles. The van der Waals surface area contributed by atoms with Crippen LogP contribution in [0.5, 0.6) is 5.75 Å². The van der Waals surface area contributed by atoms with Crippen molar-refractivity contribution in [3.63, 3.8) is 0 Å². The van der Waals surface area contributed by atoms with E-state index in [1.807, 2.05) is 52.0 Å². The summed E-state index contributed by atoms with van der Waals surface area (Å²) in [5.74, 6) is 0.477. The Morgan fingerprint density at radius 2 is 1.73 bits per heavy atom. The lowest BCUT2D eigenvalue weighted by atomic mass is 9.79. The summed E-state index contributed by atoms with van der Waals surface area (Å²) in [5, 5.41) is 3.10. The number of carbonyl (C=O) groups excluding carboxylic acids is 2. The van der Waals surface area contributed by atoms with E-state index in [-0.39, 0.29) is 23.3 Å². The predicted molar refractivity (Wildman–Crippen MR) is 116 cm³/mol. The standard InChI is InChI=1S/C23H36N2O5/c1-17(18-7-9-19(29-6)10-8-18)20(26)24-15-23(16-28-5)11-13-25(14-12-23)21(27)30-22(2,3)4/h7-10,17H,11-16H2,1-6H3,(H,24,26)/t17-/m1/s1. The van der Waals surface area contributed by atoms with Gasteiger partial charge in [0.2, 0.25) is 5.91 Å². The lowest BCUT2D eigenvalue weighted by Crippen LogP contribution is -2.51. The molecule has 1 fully saturated rings. The maximum Gasteiger partial charge on any atom is 0.410 e. The summed E-state index contributed by atoms with van der Waals surface area (Å²) in [4.78, 5) is 26.8. The molecule has 0 spiro atoms. The Kier molecular flexibility index (Phi) is 8.12. The second kappa shape index (κ2) is 10.2. The maximum atomic E-state index is 12.7. The van der Waals surface area contributed by atoms with Crippen molar-refractivity contribution in [1.82, 2.24) is 10.2 Å². The van der Waals surface area contributed by atoms with Crippen molar-refractivity contribution in [3.05, 3.63) is 29.8 Å². The van der Waals surface area contributed by atoms with Gasteiger partial charge in [0, 0.05) is 32.2 Å². The Morgan fingerprint density at radius 1 is 1.13 bits per heavy atom. The first-order valence-electron chi connectivity index (χ1n) is 10.5. The molecule has 2 amide bonds. The van der Waals surface area contributed by atoms with Gasteiger partial charge in [-0.2, -0.15) is 0 Å². The van der Waals surface area contributed by atoms with Crippen LogP contribution in [0.3, 0.4) is 0 Å². The lowest BCUT2D eigenvalue weighted by molar-refractivity contribution is -0.123. The number of rotatable bonds is 7. The molecule has 1 aromatic rings. The fourth-order valence-electron chi connectivity index (χ4n) is 3.64. The molecule has 1 heterocycles. The van der Waals surface area contributed by atoms with Gasteiger partial charge in [-0.3, -0.25) is 4.79 Å². The van der Waals surface area contributed by atoms with E-state index in [0.29, 0.717) is 26.2 Å². The molecule has 1 saturated heterocycles. The molecular weight excluding hydrogens is 384 g/mol. The molecule has 2 rings (SSSR count). The van der Waals surface area contributed by atoms with Crippen LogP contribution in [0.1, 0.15) is 52.0 Å². The minimum Gasteiger partial charge on any atom is -0.497 e. The van der Waals surface area contributed by atoms with E-state index in [1.165, 1.54) is 0 Å². The van der Waals surface area contributed by atoms with E-state index in [4.69, 9.17) is 14.2 Å². The van der Waals surface area contributed by atoms with Crippen LogP contribution in [0.4, 0.5) is 4.79 Å². The molecule has 0 saturated carbocycles. The van der Waals surface area contributed by atoms with Gasteiger partial charge in [-0.05, 0) is 58.2 Å². The van der Waals surface area contributed by atoms with Crippen molar-refractivity contribution in [3.8, 4) is 5.75 Å². The number of nitrogens with one attached hydrogen (secondary N) is 1. The van der Waals surface area contributed by atoms with E-state index in [2.05, 4.69) is 5.32 Å². The predicted octanol–water partition coefficient (Wildman–Crippen LogP) is 3.58. The zero-order chi connectivity index (χ0) is 22.4. The number of piperidine rings is 1. The van der Waals surface area contributed by atoms with Gasteiger partial charge in [0.15, 0.2) is 0 Å². The highest BCUT2D eigenvalue weighted by Gasteiger charge is 2.37. The van der Waals surface area contributed by atoms with Crippen LogP contribution in [0.25, 0.3) is 0 Å². The van der Waals surface area contributed by atoms with Gasteiger partial charge >= 0.3 is 6.09 Å². The third-order valence-electron chi connectivity index (χ3n) is 5.57. The van der Waals surface area contributed by atoms with Crippen LogP contribution >= 0.6 is 0 Å². The normalized spacial score (nSPS) is 17.2. The van der Waals surface area contributed by atoms with Gasteiger partial charge in [0.05, 0.1) is 19.6 Å². The highest BCUT2D eigenvalue weighted by Crippen LogP contribution is 2.32. The zero-order valence-corrected chi connectivity index (χ0v) is 19.1. The topological polar surface area (TPSA) is 77.1 Å². The Bertz CT molecular complexity index is 703. The van der Waals surface area contributed by atoms with E-state index < -0.39 is 5.60 Å². The van der Waals surface area contributed by atoms with Crippen LogP contribution in [0.2, 0.25) is 0 Å². The number of hydrogen-bond acceptors (Lipinski definition) is 5. The number of hydrogen-bond donors (Lipinski definition) is 1. The summed E-state index contributed by atoms with van der Waals surface area (Å²) < 4.78 is 16.1. The summed E-state index contributed by atoms with van der Waals surface area (Å²) in [6.07, 6.45) is 1.21. The molecule has 7 heteroatoms. The Balaban J connectivity index is 1.93. The average molecular weight is 421 g/mol. The maximum absolute atomic E-state index is 12.7. The van der Waals surface area contributed by atoms with Gasteiger partial charge in [0.25, 0.3) is 0 Å². The first kappa shape index (κ1) is 24.0. The molecule has 30 heavy (non-hydrogen) atoms. The summed E-state index contributed by atoms with van der Waals surface area (Å²) >= 11 is 0. The monoisotopic (exact) mass is 420 g/mol. The quantitative estimate of drug-likeness (QED) is 0.730. The number of ether oxygens (including phenoxy) is 3. The number of benzene rings is 1. The zero-order valence-electron chi connectivity index (χ0n) is 19.1. The fourth-order valence-corrected chi connectivity index (χ4v) is 3.64. The fraction of sp³-hybridized carbons (Fsp3) is 0.652. The first-order chi connectivity index (χ1) is 14.1. The molecule has 1 aromatic carbocycles. The van der Waals surface area contributed by atoms with Crippen LogP contribution in [0.15, 0.2) is 24.3 Å². The van der Waals surface area contributed by atoms with Gasteiger partial charge in [-0.15, -0.1) is 0 Å². The first-order valence-corrected chi connectivity index (χ1v) is 10.5. The Morgan fingerprint density at radius 3 is 2.23 bits per heavy atom. The number of likely N-dealkylation sites (tertiary alicyclic amines) is 1. The molecule has 7 nitrogen and oxygen atoms in total. The SMILES string of the molecule is COCC1(CNC(=O)[C@H](C)c2ccc(OC)cc2)CCN(C(=O)OC(C)(C)C)CC1. The Hall–Kier alpha value is -2.28. The lowest BCUT2D eigenvalue weighted by Gasteiger charge is -2.41. The summed E-state index contributed by atoms with van der Waals surface area (Å²) in [6, 6.07) is 7.54. The summed E-state index contributed by atoms with van der Waals surface area (Å²) in [5.41, 5.74) is 0.237. The van der Waals surface area contributed by atoms with Crippen molar-refractivity contribution >= 4 is 12.0 Å². The van der Waals surface area contributed by atoms with Gasteiger partial charge < -0.3 is 24.4 Å². The molecular formula is C23H36N2O5. The van der Waals surface area contributed by atoms with Crippen molar-refractivity contribution in [1.29, 1.82) is 0 Å². The van der Waals surface area contributed by atoms with Crippen LogP contribution in [-0.2, 0) is 14.3 Å². The molecule has 1 aliphatic rings. The minimum atomic E-state index is -0.510. The average Bonchev–Trinajstić information content (AvgIpc) is 2.71. The molecule has 1 atom stereocenters. The van der Waals surface area contributed by atoms with Crippen molar-refractivity contribution < 1.29 is 23.8 Å². The third kappa shape index (κ3) is 6.62. The van der Waals surface area contributed by atoms with Crippen LogP contribution in [0, 0.1) is 5.41 Å². The molecule has 0 bridgehead atoms. The molecule has 0 radical (unpaired) electrons. The molecule has 0 aliphatic carbocycles. The number of nitrogens with zero attached hydrogens (tertiary/aromatic N) is 1. The van der Waals surface area contributed by atoms with E-state index in [0.717, 1.165) is 24.2 Å². The van der Waals surface area contributed by atoms with Gasteiger partial charge in [-0.1, -0.05) is 12.1 Å². The van der Waals surface area contributed by atoms with Crippen molar-refractivity contribution in [2.75, 3.05) is 40.5 Å².